The van der Waals surface area contributed by atoms with Crippen LogP contribution in [0.25, 0.3) is 0 Å². The monoisotopic (exact) mass is 384 g/mol. The SMILES string of the molecule is Cc1[nH]c(C(=O)NCc2ccc(N3CCCC3)nc2)c(C)c1C(=O)OC(C)C. The minimum absolute atomic E-state index is 0.213. The molecule has 1 aliphatic heterocycles. The van der Waals surface area contributed by atoms with Crippen LogP contribution >= 0.6 is 0 Å². The molecule has 0 aliphatic carbocycles. The van der Waals surface area contributed by atoms with Gasteiger partial charge in [0.1, 0.15) is 11.5 Å². The number of carbonyl (C=O) groups is 2. The summed E-state index contributed by atoms with van der Waals surface area (Å²) in [7, 11) is 0. The Morgan fingerprint density at radius 2 is 1.96 bits per heavy atom. The second-order valence-electron chi connectivity index (χ2n) is 7.48. The Morgan fingerprint density at radius 3 is 2.57 bits per heavy atom. The van der Waals surface area contributed by atoms with Crippen LogP contribution in [0.15, 0.2) is 18.3 Å². The number of nitrogens with one attached hydrogen (secondary N) is 2. The van der Waals surface area contributed by atoms with Crippen molar-refractivity contribution in [1.29, 1.82) is 0 Å². The van der Waals surface area contributed by atoms with Crippen LogP contribution in [0.4, 0.5) is 5.82 Å². The van der Waals surface area contributed by atoms with E-state index >= 15 is 0 Å². The van der Waals surface area contributed by atoms with E-state index in [9.17, 15) is 9.59 Å². The van der Waals surface area contributed by atoms with Gasteiger partial charge in [0.2, 0.25) is 0 Å². The summed E-state index contributed by atoms with van der Waals surface area (Å²) in [6.45, 7) is 9.59. The molecule has 1 aliphatic rings. The average molecular weight is 384 g/mol. The first-order valence-electron chi connectivity index (χ1n) is 9.75. The Hall–Kier alpha value is -2.83. The Morgan fingerprint density at radius 1 is 1.25 bits per heavy atom. The summed E-state index contributed by atoms with van der Waals surface area (Å²) >= 11 is 0. The number of aryl methyl sites for hydroxylation is 1. The molecule has 0 atom stereocenters. The van der Waals surface area contributed by atoms with Crippen LogP contribution in [0.5, 0.6) is 0 Å². The average Bonchev–Trinajstić information content (AvgIpc) is 3.28. The molecular formula is C21H28N4O3. The third-order valence-corrected chi connectivity index (χ3v) is 4.90. The van der Waals surface area contributed by atoms with Gasteiger partial charge in [-0.05, 0) is 57.7 Å². The van der Waals surface area contributed by atoms with Crippen LogP contribution < -0.4 is 10.2 Å². The quantitative estimate of drug-likeness (QED) is 0.747. The van der Waals surface area contributed by atoms with E-state index in [0.717, 1.165) is 24.5 Å². The van der Waals surface area contributed by atoms with Gasteiger partial charge in [-0.15, -0.1) is 0 Å². The maximum absolute atomic E-state index is 12.6. The van der Waals surface area contributed by atoms with Crippen molar-refractivity contribution in [1.82, 2.24) is 15.3 Å². The summed E-state index contributed by atoms with van der Waals surface area (Å²) in [5.41, 5.74) is 2.97. The molecule has 3 rings (SSSR count). The molecule has 0 radical (unpaired) electrons. The largest absolute Gasteiger partial charge is 0.459 e. The zero-order chi connectivity index (χ0) is 20.3. The number of anilines is 1. The van der Waals surface area contributed by atoms with Crippen LogP contribution in [0.2, 0.25) is 0 Å². The number of esters is 1. The summed E-state index contributed by atoms with van der Waals surface area (Å²) in [5.74, 6) is 0.312. The zero-order valence-electron chi connectivity index (χ0n) is 17.0. The highest BCUT2D eigenvalue weighted by Gasteiger charge is 2.23. The number of hydrogen-bond donors (Lipinski definition) is 2. The van der Waals surface area contributed by atoms with E-state index in [0.29, 0.717) is 29.1 Å². The van der Waals surface area contributed by atoms with Gasteiger partial charge in [0.25, 0.3) is 5.91 Å². The lowest BCUT2D eigenvalue weighted by atomic mass is 10.1. The van der Waals surface area contributed by atoms with Gasteiger partial charge in [0, 0.05) is 31.5 Å². The first kappa shape index (κ1) is 19.9. The minimum Gasteiger partial charge on any atom is -0.459 e. The summed E-state index contributed by atoms with van der Waals surface area (Å²) in [5, 5.41) is 2.89. The topological polar surface area (TPSA) is 87.3 Å². The highest BCUT2D eigenvalue weighted by molar-refractivity contribution is 6.00. The number of aromatic amines is 1. The molecule has 0 bridgehead atoms. The van der Waals surface area contributed by atoms with Crippen LogP contribution in [0.3, 0.4) is 0 Å². The van der Waals surface area contributed by atoms with Crippen molar-refractivity contribution in [3.63, 3.8) is 0 Å². The number of rotatable bonds is 6. The molecule has 2 N–H and O–H groups in total. The maximum Gasteiger partial charge on any atom is 0.340 e. The first-order chi connectivity index (χ1) is 13.4. The summed E-state index contributed by atoms with van der Waals surface area (Å²) < 4.78 is 5.27. The van der Waals surface area contributed by atoms with Crippen molar-refractivity contribution >= 4 is 17.7 Å². The van der Waals surface area contributed by atoms with Gasteiger partial charge in [0.05, 0.1) is 11.7 Å². The highest BCUT2D eigenvalue weighted by Crippen LogP contribution is 2.20. The second kappa shape index (κ2) is 8.46. The molecule has 0 unspecified atom stereocenters. The number of ether oxygens (including phenoxy) is 1. The van der Waals surface area contributed by atoms with Gasteiger partial charge in [0.15, 0.2) is 0 Å². The van der Waals surface area contributed by atoms with Gasteiger partial charge >= 0.3 is 5.97 Å². The highest BCUT2D eigenvalue weighted by atomic mass is 16.5. The molecule has 7 nitrogen and oxygen atoms in total. The Bertz CT molecular complexity index is 849. The van der Waals surface area contributed by atoms with Gasteiger partial charge in [-0.1, -0.05) is 6.07 Å². The zero-order valence-corrected chi connectivity index (χ0v) is 17.0. The van der Waals surface area contributed by atoms with Crippen molar-refractivity contribution in [2.45, 2.75) is 53.2 Å². The third-order valence-electron chi connectivity index (χ3n) is 4.90. The van der Waals surface area contributed by atoms with E-state index in [2.05, 4.69) is 20.2 Å². The molecule has 0 saturated carbocycles. The van der Waals surface area contributed by atoms with E-state index in [1.807, 2.05) is 12.1 Å². The second-order valence-corrected chi connectivity index (χ2v) is 7.48. The van der Waals surface area contributed by atoms with Crippen LogP contribution in [0.1, 0.15) is 64.4 Å². The lowest BCUT2D eigenvalue weighted by Gasteiger charge is -2.16. The van der Waals surface area contributed by atoms with Crippen molar-refractivity contribution in [2.24, 2.45) is 0 Å². The smallest absolute Gasteiger partial charge is 0.340 e. The molecule has 1 saturated heterocycles. The van der Waals surface area contributed by atoms with Gasteiger partial charge in [-0.25, -0.2) is 9.78 Å². The Labute approximate surface area is 165 Å². The first-order valence-corrected chi connectivity index (χ1v) is 9.75. The van der Waals surface area contributed by atoms with E-state index in [1.54, 1.807) is 33.9 Å². The lowest BCUT2D eigenvalue weighted by molar-refractivity contribution is 0.0376. The molecule has 1 fully saturated rings. The standard InChI is InChI=1S/C21H28N4O3/c1-13(2)28-21(27)18-14(3)19(24-15(18)4)20(26)23-12-16-7-8-17(22-11-16)25-9-5-6-10-25/h7-8,11,13,24H,5-6,9-10,12H2,1-4H3,(H,23,26). The fraction of sp³-hybridized carbons (Fsp3) is 0.476. The minimum atomic E-state index is -0.415. The van der Waals surface area contributed by atoms with E-state index in [4.69, 9.17) is 4.74 Å². The molecule has 28 heavy (non-hydrogen) atoms. The van der Waals surface area contributed by atoms with Crippen molar-refractivity contribution in [2.75, 3.05) is 18.0 Å². The molecule has 2 aromatic heterocycles. The number of hydrogen-bond acceptors (Lipinski definition) is 5. The van der Waals surface area contributed by atoms with Gasteiger partial charge < -0.3 is 19.9 Å². The molecule has 0 spiro atoms. The van der Waals surface area contributed by atoms with Crippen molar-refractivity contribution < 1.29 is 14.3 Å². The Balaban J connectivity index is 1.64. The predicted molar refractivity (Wildman–Crippen MR) is 108 cm³/mol. The van der Waals surface area contributed by atoms with Crippen LogP contribution in [0, 0.1) is 13.8 Å². The number of nitrogens with zero attached hydrogens (tertiary/aromatic N) is 2. The number of pyridine rings is 1. The molecular weight excluding hydrogens is 356 g/mol. The number of amides is 1. The van der Waals surface area contributed by atoms with E-state index < -0.39 is 5.97 Å². The summed E-state index contributed by atoms with van der Waals surface area (Å²) in [6, 6.07) is 3.98. The summed E-state index contributed by atoms with van der Waals surface area (Å²) in [4.78, 5) is 34.7. The van der Waals surface area contributed by atoms with E-state index in [-0.39, 0.29) is 12.0 Å². The van der Waals surface area contributed by atoms with Crippen molar-refractivity contribution in [3.8, 4) is 0 Å². The third kappa shape index (κ3) is 4.35. The molecule has 7 heteroatoms. The fourth-order valence-electron chi connectivity index (χ4n) is 3.48. The molecule has 3 heterocycles. The van der Waals surface area contributed by atoms with Gasteiger partial charge in [-0.2, -0.15) is 0 Å². The molecule has 150 valence electrons. The molecule has 0 aromatic carbocycles. The predicted octanol–water partition coefficient (Wildman–Crippen LogP) is 3.12. The fourth-order valence-corrected chi connectivity index (χ4v) is 3.48. The van der Waals surface area contributed by atoms with Crippen LogP contribution in [-0.4, -0.2) is 41.0 Å². The lowest BCUT2D eigenvalue weighted by Crippen LogP contribution is -2.24. The summed E-state index contributed by atoms with van der Waals surface area (Å²) in [6.07, 6.45) is 4.00. The Kier molecular flexibility index (Phi) is 6.02. The molecule has 1 amide bonds. The van der Waals surface area contributed by atoms with E-state index in [1.165, 1.54) is 12.8 Å². The van der Waals surface area contributed by atoms with Crippen molar-refractivity contribution in [3.05, 3.63) is 46.4 Å². The number of carbonyl (C=O) groups excluding carboxylic acids is 2. The van der Waals surface area contributed by atoms with Gasteiger partial charge in [-0.3, -0.25) is 4.79 Å². The number of aromatic nitrogens is 2. The normalized spacial score (nSPS) is 13.8. The van der Waals surface area contributed by atoms with Crippen LogP contribution in [-0.2, 0) is 11.3 Å². The maximum atomic E-state index is 12.6. The number of H-pyrrole nitrogens is 1. The molecule has 2 aromatic rings.